The molecule has 0 aromatic heterocycles. The Balaban J connectivity index is 2.09. The van der Waals surface area contributed by atoms with Crippen molar-refractivity contribution in [3.05, 3.63) is 64.7 Å². The Morgan fingerprint density at radius 1 is 1.00 bits per heavy atom. The Morgan fingerprint density at radius 2 is 1.62 bits per heavy atom. The van der Waals surface area contributed by atoms with Crippen molar-refractivity contribution in [2.45, 2.75) is 66.0 Å². The molecule has 3 heteroatoms. The van der Waals surface area contributed by atoms with E-state index in [1.807, 2.05) is 19.9 Å². The van der Waals surface area contributed by atoms with Gasteiger partial charge >= 0.3 is 0 Å². The number of hydrogen-bond acceptors (Lipinski definition) is 2. The molecule has 0 fully saturated rings. The van der Waals surface area contributed by atoms with Gasteiger partial charge in [-0.1, -0.05) is 62.7 Å². The van der Waals surface area contributed by atoms with Gasteiger partial charge in [-0.3, -0.25) is 4.79 Å². The van der Waals surface area contributed by atoms with Gasteiger partial charge < -0.3 is 10.1 Å². The molecule has 0 aliphatic carbocycles. The largest absolute Gasteiger partial charge is 0.481 e. The van der Waals surface area contributed by atoms with E-state index in [1.54, 1.807) is 0 Å². The molecule has 2 aromatic carbocycles. The molecule has 0 saturated carbocycles. The first-order valence-electron chi connectivity index (χ1n) is 9.46. The first-order valence-corrected chi connectivity index (χ1v) is 9.46. The van der Waals surface area contributed by atoms with E-state index in [-0.39, 0.29) is 11.9 Å². The SMILES string of the molecule is CC[C@H](NC(=O)[C@H](C)Oc1cc(C)ccc1C(C)C)c1ccc(C)cc1. The predicted molar refractivity (Wildman–Crippen MR) is 108 cm³/mol. The van der Waals surface area contributed by atoms with Gasteiger partial charge in [0.1, 0.15) is 5.75 Å². The number of nitrogens with one attached hydrogen (secondary N) is 1. The number of aryl methyl sites for hydroxylation is 2. The minimum atomic E-state index is -0.547. The molecule has 0 unspecified atom stereocenters. The first-order chi connectivity index (χ1) is 12.3. The van der Waals surface area contributed by atoms with Crippen LogP contribution in [0.2, 0.25) is 0 Å². The third-order valence-electron chi connectivity index (χ3n) is 4.67. The van der Waals surface area contributed by atoms with Crippen LogP contribution in [0.25, 0.3) is 0 Å². The summed E-state index contributed by atoms with van der Waals surface area (Å²) in [5, 5.41) is 3.12. The van der Waals surface area contributed by atoms with Crippen LogP contribution in [0.4, 0.5) is 0 Å². The van der Waals surface area contributed by atoms with Crippen LogP contribution in [0.3, 0.4) is 0 Å². The molecule has 140 valence electrons. The van der Waals surface area contributed by atoms with Crippen LogP contribution in [0.5, 0.6) is 5.75 Å². The standard InChI is InChI=1S/C23H31NO2/c1-7-21(19-11-8-16(4)9-12-19)24-23(25)18(6)26-22-14-17(5)10-13-20(22)15(2)3/h8-15,18,21H,7H2,1-6H3,(H,24,25)/t18-,21-/m0/s1. The molecule has 0 saturated heterocycles. The maximum atomic E-state index is 12.7. The Bertz CT molecular complexity index is 734. The van der Waals surface area contributed by atoms with Gasteiger partial charge in [0.2, 0.25) is 0 Å². The molecule has 3 nitrogen and oxygen atoms in total. The Hall–Kier alpha value is -2.29. The molecule has 0 radical (unpaired) electrons. The molecule has 0 heterocycles. The number of hydrogen-bond donors (Lipinski definition) is 1. The second kappa shape index (κ2) is 8.88. The van der Waals surface area contributed by atoms with E-state index in [0.717, 1.165) is 28.9 Å². The van der Waals surface area contributed by atoms with Crippen LogP contribution in [0, 0.1) is 13.8 Å². The van der Waals surface area contributed by atoms with Gasteiger partial charge in [-0.15, -0.1) is 0 Å². The zero-order chi connectivity index (χ0) is 19.3. The molecule has 2 aromatic rings. The van der Waals surface area contributed by atoms with Gasteiger partial charge in [-0.2, -0.15) is 0 Å². The Kier molecular flexibility index (Phi) is 6.84. The molecule has 0 aliphatic heterocycles. The number of amides is 1. The van der Waals surface area contributed by atoms with Crippen molar-refractivity contribution < 1.29 is 9.53 Å². The zero-order valence-electron chi connectivity index (χ0n) is 16.8. The highest BCUT2D eigenvalue weighted by atomic mass is 16.5. The fourth-order valence-corrected chi connectivity index (χ4v) is 2.97. The van der Waals surface area contributed by atoms with E-state index in [9.17, 15) is 4.79 Å². The zero-order valence-corrected chi connectivity index (χ0v) is 16.8. The second-order valence-corrected chi connectivity index (χ2v) is 7.34. The number of ether oxygens (including phenoxy) is 1. The summed E-state index contributed by atoms with van der Waals surface area (Å²) >= 11 is 0. The van der Waals surface area contributed by atoms with E-state index in [1.165, 1.54) is 5.56 Å². The molecule has 1 N–H and O–H groups in total. The summed E-state index contributed by atoms with van der Waals surface area (Å²) in [5.74, 6) is 1.05. The lowest BCUT2D eigenvalue weighted by Gasteiger charge is -2.23. The van der Waals surface area contributed by atoms with Crippen molar-refractivity contribution in [3.8, 4) is 5.75 Å². The lowest BCUT2D eigenvalue weighted by atomic mass is 10.0. The van der Waals surface area contributed by atoms with Gasteiger partial charge in [0.15, 0.2) is 6.10 Å². The number of benzene rings is 2. The van der Waals surface area contributed by atoms with Crippen molar-refractivity contribution in [2.24, 2.45) is 0 Å². The molecule has 0 bridgehead atoms. The van der Waals surface area contributed by atoms with E-state index in [4.69, 9.17) is 4.74 Å². The predicted octanol–water partition coefficient (Wildman–Crippen LogP) is 5.46. The summed E-state index contributed by atoms with van der Waals surface area (Å²) in [6.45, 7) is 12.2. The maximum Gasteiger partial charge on any atom is 0.261 e. The molecular weight excluding hydrogens is 322 g/mol. The molecule has 2 rings (SSSR count). The van der Waals surface area contributed by atoms with E-state index in [0.29, 0.717) is 5.92 Å². The number of rotatable bonds is 7. The third kappa shape index (κ3) is 5.10. The quantitative estimate of drug-likeness (QED) is 0.717. The van der Waals surface area contributed by atoms with Crippen LogP contribution in [-0.4, -0.2) is 12.0 Å². The molecule has 26 heavy (non-hydrogen) atoms. The summed E-state index contributed by atoms with van der Waals surface area (Å²) in [5.41, 5.74) is 4.59. The van der Waals surface area contributed by atoms with E-state index >= 15 is 0 Å². The van der Waals surface area contributed by atoms with Crippen molar-refractivity contribution in [1.82, 2.24) is 5.32 Å². The van der Waals surface area contributed by atoms with E-state index in [2.05, 4.69) is 69.4 Å². The normalized spacial score (nSPS) is 13.3. The fraction of sp³-hybridized carbons (Fsp3) is 0.435. The highest BCUT2D eigenvalue weighted by Crippen LogP contribution is 2.28. The minimum Gasteiger partial charge on any atom is -0.481 e. The van der Waals surface area contributed by atoms with Gasteiger partial charge in [0.05, 0.1) is 6.04 Å². The molecule has 1 amide bonds. The monoisotopic (exact) mass is 353 g/mol. The Labute approximate surface area is 157 Å². The van der Waals surface area contributed by atoms with Crippen molar-refractivity contribution >= 4 is 5.91 Å². The summed E-state index contributed by atoms with van der Waals surface area (Å²) in [7, 11) is 0. The molecule has 0 aliphatic rings. The highest BCUT2D eigenvalue weighted by molar-refractivity contribution is 5.81. The van der Waals surface area contributed by atoms with Crippen LogP contribution in [0.1, 0.15) is 68.3 Å². The van der Waals surface area contributed by atoms with Gasteiger partial charge in [0.25, 0.3) is 5.91 Å². The minimum absolute atomic E-state index is 0.00349. The maximum absolute atomic E-state index is 12.7. The van der Waals surface area contributed by atoms with Crippen LogP contribution < -0.4 is 10.1 Å². The third-order valence-corrected chi connectivity index (χ3v) is 4.67. The van der Waals surface area contributed by atoms with Crippen LogP contribution >= 0.6 is 0 Å². The lowest BCUT2D eigenvalue weighted by molar-refractivity contribution is -0.128. The van der Waals surface area contributed by atoms with Gasteiger partial charge in [0, 0.05) is 0 Å². The van der Waals surface area contributed by atoms with Crippen molar-refractivity contribution in [3.63, 3.8) is 0 Å². The van der Waals surface area contributed by atoms with Crippen LogP contribution in [-0.2, 0) is 4.79 Å². The lowest BCUT2D eigenvalue weighted by Crippen LogP contribution is -2.38. The van der Waals surface area contributed by atoms with E-state index < -0.39 is 6.10 Å². The molecule has 2 atom stereocenters. The average Bonchev–Trinajstić information content (AvgIpc) is 2.60. The van der Waals surface area contributed by atoms with Crippen LogP contribution in [0.15, 0.2) is 42.5 Å². The average molecular weight is 354 g/mol. The molecular formula is C23H31NO2. The highest BCUT2D eigenvalue weighted by Gasteiger charge is 2.21. The summed E-state index contributed by atoms with van der Waals surface area (Å²) in [6.07, 6.45) is 0.289. The smallest absolute Gasteiger partial charge is 0.261 e. The summed E-state index contributed by atoms with van der Waals surface area (Å²) in [6, 6.07) is 14.5. The van der Waals surface area contributed by atoms with Crippen molar-refractivity contribution in [2.75, 3.05) is 0 Å². The van der Waals surface area contributed by atoms with Gasteiger partial charge in [-0.25, -0.2) is 0 Å². The van der Waals surface area contributed by atoms with Crippen molar-refractivity contribution in [1.29, 1.82) is 0 Å². The summed E-state index contributed by atoms with van der Waals surface area (Å²) < 4.78 is 6.04. The summed E-state index contributed by atoms with van der Waals surface area (Å²) in [4.78, 5) is 12.7. The number of carbonyl (C=O) groups is 1. The second-order valence-electron chi connectivity index (χ2n) is 7.34. The Morgan fingerprint density at radius 3 is 2.19 bits per heavy atom. The number of carbonyl (C=O) groups excluding carboxylic acids is 1. The topological polar surface area (TPSA) is 38.3 Å². The fourth-order valence-electron chi connectivity index (χ4n) is 2.97. The molecule has 0 spiro atoms. The van der Waals surface area contributed by atoms with Gasteiger partial charge in [-0.05, 0) is 55.9 Å². The first kappa shape index (κ1) is 20.0.